The van der Waals surface area contributed by atoms with Crippen molar-refractivity contribution < 1.29 is 30.4 Å². The number of rotatable bonds is 4. The monoisotopic (exact) mass is 306 g/mol. The Kier molecular flexibility index (Phi) is 4.00. The second-order valence-corrected chi connectivity index (χ2v) is 5.14. The maximum Gasteiger partial charge on any atom is 0.454 e. The minimum atomic E-state index is -5.88. The van der Waals surface area contributed by atoms with E-state index in [2.05, 4.69) is 0 Å². The molecule has 0 spiro atoms. The number of hydrogen-bond acceptors (Lipinski definition) is 3. The zero-order valence-corrected chi connectivity index (χ0v) is 9.78. The van der Waals surface area contributed by atoms with E-state index in [9.17, 15) is 35.2 Å². The van der Waals surface area contributed by atoms with Gasteiger partial charge >= 0.3 is 12.1 Å². The van der Waals surface area contributed by atoms with Crippen LogP contribution in [0.3, 0.4) is 0 Å². The molecule has 0 aliphatic heterocycles. The van der Waals surface area contributed by atoms with Crippen LogP contribution in [-0.2, 0) is 10.0 Å². The lowest BCUT2D eigenvalue weighted by atomic mass is 10.3. The van der Waals surface area contributed by atoms with Gasteiger partial charge in [-0.25, -0.2) is 13.1 Å². The first-order valence-corrected chi connectivity index (χ1v) is 6.07. The number of nitrogens with one attached hydrogen (secondary N) is 2. The van der Waals surface area contributed by atoms with Gasteiger partial charge in [-0.2, -0.15) is 22.0 Å². The first kappa shape index (κ1) is 15.6. The molecule has 19 heavy (non-hydrogen) atoms. The number of aromatic amines is 1. The minimum absolute atomic E-state index is 0.807. The van der Waals surface area contributed by atoms with Crippen molar-refractivity contribution in [2.24, 2.45) is 0 Å². The van der Waals surface area contributed by atoms with Crippen LogP contribution in [0.4, 0.5) is 22.0 Å². The van der Waals surface area contributed by atoms with Gasteiger partial charge in [-0.3, -0.25) is 4.79 Å². The van der Waals surface area contributed by atoms with Crippen LogP contribution in [0.15, 0.2) is 28.0 Å². The third-order valence-electron chi connectivity index (χ3n) is 1.93. The van der Waals surface area contributed by atoms with Gasteiger partial charge in [0.05, 0.1) is 6.54 Å². The Bertz CT molecular complexity index is 607. The van der Waals surface area contributed by atoms with E-state index < -0.39 is 39.3 Å². The molecule has 1 heterocycles. The van der Waals surface area contributed by atoms with E-state index in [0.29, 0.717) is 0 Å². The summed E-state index contributed by atoms with van der Waals surface area (Å²) in [6.07, 6.45) is -5.88. The number of H-pyrrole nitrogens is 1. The molecule has 0 atom stereocenters. The smallest absolute Gasteiger partial charge is 0.312 e. The first-order chi connectivity index (χ1) is 8.46. The second-order valence-electron chi connectivity index (χ2n) is 3.41. The van der Waals surface area contributed by atoms with Gasteiger partial charge in [-0.1, -0.05) is 6.07 Å². The lowest BCUT2D eigenvalue weighted by Gasteiger charge is -2.19. The lowest BCUT2D eigenvalue weighted by molar-refractivity contribution is -0.277. The maximum absolute atomic E-state index is 12.5. The number of hydrogen-bond donors (Lipinski definition) is 2. The summed E-state index contributed by atoms with van der Waals surface area (Å²) in [7, 11) is -4.66. The third kappa shape index (κ3) is 3.73. The van der Waals surface area contributed by atoms with Crippen LogP contribution in [0.25, 0.3) is 0 Å². The number of aromatic nitrogens is 1. The van der Waals surface area contributed by atoms with Crippen molar-refractivity contribution in [2.75, 3.05) is 6.54 Å². The van der Waals surface area contributed by atoms with Crippen molar-refractivity contribution in [1.29, 1.82) is 0 Å². The Balaban J connectivity index is 2.91. The summed E-state index contributed by atoms with van der Waals surface area (Å²) >= 11 is 0. The zero-order valence-electron chi connectivity index (χ0n) is 8.96. The van der Waals surface area contributed by atoms with Crippen LogP contribution < -0.4 is 10.3 Å². The van der Waals surface area contributed by atoms with E-state index >= 15 is 0 Å². The van der Waals surface area contributed by atoms with Gasteiger partial charge in [0.1, 0.15) is 0 Å². The van der Waals surface area contributed by atoms with Crippen LogP contribution in [0.5, 0.6) is 0 Å². The number of sulfonamides is 1. The molecular formula is C8H7F5N2O3S. The van der Waals surface area contributed by atoms with Gasteiger partial charge in [-0.15, -0.1) is 0 Å². The number of halogens is 5. The highest BCUT2D eigenvalue weighted by Crippen LogP contribution is 2.34. The fraction of sp³-hybridized carbons (Fsp3) is 0.375. The molecule has 0 bridgehead atoms. The number of pyridine rings is 1. The molecule has 2 N–H and O–H groups in total. The largest absolute Gasteiger partial charge is 0.454 e. The van der Waals surface area contributed by atoms with Crippen molar-refractivity contribution >= 4 is 10.0 Å². The van der Waals surface area contributed by atoms with Crippen LogP contribution >= 0.6 is 0 Å². The minimum Gasteiger partial charge on any atom is -0.312 e. The molecule has 1 rings (SSSR count). The van der Waals surface area contributed by atoms with Crippen molar-refractivity contribution in [3.8, 4) is 0 Å². The van der Waals surface area contributed by atoms with Crippen molar-refractivity contribution in [3.05, 3.63) is 28.6 Å². The van der Waals surface area contributed by atoms with E-state index in [0.717, 1.165) is 22.9 Å². The maximum atomic E-state index is 12.5. The summed E-state index contributed by atoms with van der Waals surface area (Å²) in [5.74, 6) is -5.21. The van der Waals surface area contributed by atoms with E-state index in [-0.39, 0.29) is 0 Å². The van der Waals surface area contributed by atoms with Crippen LogP contribution in [0, 0.1) is 0 Å². The van der Waals surface area contributed by atoms with Gasteiger partial charge in [0.15, 0.2) is 5.03 Å². The standard InChI is InChI=1S/C8H7F5N2O3S/c9-7(10,8(11,12)13)4-14-19(17,18)6-3-1-2-5(16)15-6/h1-3,14H,4H2,(H,15,16). The highest BCUT2D eigenvalue weighted by molar-refractivity contribution is 7.89. The van der Waals surface area contributed by atoms with Crippen molar-refractivity contribution in [1.82, 2.24) is 9.71 Å². The molecular weight excluding hydrogens is 299 g/mol. The van der Waals surface area contributed by atoms with Gasteiger partial charge in [0.2, 0.25) is 5.56 Å². The van der Waals surface area contributed by atoms with Crippen LogP contribution in [0.2, 0.25) is 0 Å². The normalized spacial score (nSPS) is 13.5. The highest BCUT2D eigenvalue weighted by Gasteiger charge is 2.57. The summed E-state index contributed by atoms with van der Waals surface area (Å²) < 4.78 is 84.4. The van der Waals surface area contributed by atoms with Gasteiger partial charge in [-0.05, 0) is 6.07 Å². The molecule has 0 fully saturated rings. The van der Waals surface area contributed by atoms with Gasteiger partial charge in [0, 0.05) is 6.07 Å². The summed E-state index contributed by atoms with van der Waals surface area (Å²) in [4.78, 5) is 12.6. The van der Waals surface area contributed by atoms with E-state index in [1.165, 1.54) is 0 Å². The molecule has 0 saturated carbocycles. The quantitative estimate of drug-likeness (QED) is 0.810. The molecule has 5 nitrogen and oxygen atoms in total. The second kappa shape index (κ2) is 4.89. The summed E-state index contributed by atoms with van der Waals surface area (Å²) in [5, 5.41) is -0.807. The Morgan fingerprint density at radius 3 is 2.21 bits per heavy atom. The fourth-order valence-electron chi connectivity index (χ4n) is 0.948. The Morgan fingerprint density at radius 2 is 1.74 bits per heavy atom. The van der Waals surface area contributed by atoms with E-state index in [4.69, 9.17) is 0 Å². The van der Waals surface area contributed by atoms with Crippen molar-refractivity contribution in [2.45, 2.75) is 17.1 Å². The Hall–Kier alpha value is -1.49. The lowest BCUT2D eigenvalue weighted by Crippen LogP contribution is -2.46. The molecule has 0 aliphatic rings. The average molecular weight is 306 g/mol. The molecule has 108 valence electrons. The van der Waals surface area contributed by atoms with E-state index in [1.807, 2.05) is 0 Å². The molecule has 0 amide bonds. The fourth-order valence-corrected chi connectivity index (χ4v) is 1.97. The third-order valence-corrected chi connectivity index (χ3v) is 3.27. The summed E-state index contributed by atoms with van der Waals surface area (Å²) in [6.45, 7) is -2.16. The molecule has 11 heteroatoms. The first-order valence-electron chi connectivity index (χ1n) is 4.59. The Labute approximate surface area is 103 Å². The van der Waals surface area contributed by atoms with Crippen LogP contribution in [0.1, 0.15) is 0 Å². The SMILES string of the molecule is O=c1cccc(S(=O)(=O)NCC(F)(F)C(F)(F)F)[nH]1. The Morgan fingerprint density at radius 1 is 1.16 bits per heavy atom. The topological polar surface area (TPSA) is 79.0 Å². The summed E-state index contributed by atoms with van der Waals surface area (Å²) in [5.41, 5.74) is -0.842. The molecule has 0 aliphatic carbocycles. The predicted molar refractivity (Wildman–Crippen MR) is 53.3 cm³/mol. The molecule has 0 unspecified atom stereocenters. The molecule has 1 aromatic rings. The highest BCUT2D eigenvalue weighted by atomic mass is 32.2. The zero-order chi connectivity index (χ0) is 14.9. The molecule has 1 aromatic heterocycles. The number of alkyl halides is 5. The average Bonchev–Trinajstić information content (AvgIpc) is 2.25. The van der Waals surface area contributed by atoms with Gasteiger partial charge < -0.3 is 4.98 Å². The van der Waals surface area contributed by atoms with Crippen molar-refractivity contribution in [3.63, 3.8) is 0 Å². The summed E-state index contributed by atoms with van der Waals surface area (Å²) in [6, 6.07) is 2.80. The molecule has 0 saturated heterocycles. The van der Waals surface area contributed by atoms with E-state index in [1.54, 1.807) is 4.98 Å². The molecule has 0 aromatic carbocycles. The van der Waals surface area contributed by atoms with Gasteiger partial charge in [0.25, 0.3) is 10.0 Å². The molecule has 0 radical (unpaired) electrons. The van der Waals surface area contributed by atoms with Crippen LogP contribution in [-0.4, -0.2) is 32.0 Å². The predicted octanol–water partition coefficient (Wildman–Crippen LogP) is 0.851.